The molecule has 28 heavy (non-hydrogen) atoms. The minimum atomic E-state index is -8.25. The fourth-order valence-corrected chi connectivity index (χ4v) is 9.42. The van der Waals surface area contributed by atoms with E-state index in [9.17, 15) is 64.8 Å². The molecule has 0 aliphatic carbocycles. The third kappa shape index (κ3) is 3.04. The Morgan fingerprint density at radius 1 is 0.500 bits per heavy atom. The average Bonchev–Trinajstić information content (AvgIpc) is 2.44. The Morgan fingerprint density at radius 3 is 0.964 bits per heavy atom. The van der Waals surface area contributed by atoms with Gasteiger partial charge >= 0.3 is 19.9 Å². The second-order valence-corrected chi connectivity index (χ2v) is 11.8. The first kappa shape index (κ1) is 24.5. The molecule has 162 valence electrons. The van der Waals surface area contributed by atoms with Gasteiger partial charge in [0.2, 0.25) is 0 Å². The number of halogens is 9. The second kappa shape index (κ2) is 6.48. The minimum absolute atomic E-state index is 0.240. The van der Waals surface area contributed by atoms with Crippen LogP contribution in [0.5, 0.6) is 0 Å². The van der Waals surface area contributed by atoms with Gasteiger partial charge in [-0.15, -0.1) is 0 Å². The molecule has 1 aromatic carbocycles. The number of hydrogen-bond donors (Lipinski definition) is 0. The number of benzene rings is 1. The lowest BCUT2D eigenvalue weighted by molar-refractivity contribution is -0.0516. The average molecular weight is 488 g/mol. The van der Waals surface area contributed by atoms with Crippen LogP contribution in [0.3, 0.4) is 0 Å². The molecule has 0 saturated heterocycles. The molecular formula is C10H5F9O6S3. The van der Waals surface area contributed by atoms with Crippen LogP contribution in [0.25, 0.3) is 0 Å². The Hall–Kier alpha value is -1.56. The van der Waals surface area contributed by atoms with Crippen molar-refractivity contribution in [3.63, 3.8) is 0 Å². The Labute approximate surface area is 150 Å². The Balaban J connectivity index is 4.61. The first-order valence-electron chi connectivity index (χ1n) is 6.09. The van der Waals surface area contributed by atoms with Gasteiger partial charge in [0.15, 0.2) is 0 Å². The van der Waals surface area contributed by atoms with Crippen LogP contribution in [0.15, 0.2) is 30.3 Å². The summed E-state index contributed by atoms with van der Waals surface area (Å²) in [6.07, 6.45) is 0. The van der Waals surface area contributed by atoms with Crippen molar-refractivity contribution in [1.29, 1.82) is 0 Å². The van der Waals surface area contributed by atoms with Gasteiger partial charge in [-0.2, -0.15) is 39.5 Å². The molecule has 0 unspecified atom stereocenters. The SMILES string of the molecule is O=S(=O)(C(F)(F)F)C(c1ccccc1)(S(=O)(=O)C(F)(F)F)S(=O)(=O)C(F)(F)F. The second-order valence-electron chi connectivity index (χ2n) is 4.77. The third-order valence-electron chi connectivity index (χ3n) is 3.10. The van der Waals surface area contributed by atoms with Gasteiger partial charge in [0.25, 0.3) is 29.5 Å². The van der Waals surface area contributed by atoms with E-state index < -0.39 is 55.0 Å². The van der Waals surface area contributed by atoms with Crippen molar-refractivity contribution in [3.05, 3.63) is 35.9 Å². The zero-order valence-electron chi connectivity index (χ0n) is 12.5. The summed E-state index contributed by atoms with van der Waals surface area (Å²) in [7, 11) is -24.8. The van der Waals surface area contributed by atoms with Crippen molar-refractivity contribution in [2.75, 3.05) is 0 Å². The molecular weight excluding hydrogens is 483 g/mol. The molecule has 0 bridgehead atoms. The van der Waals surface area contributed by atoms with Crippen molar-refractivity contribution in [2.24, 2.45) is 0 Å². The summed E-state index contributed by atoms with van der Waals surface area (Å²) in [6, 6.07) is 0.933. The molecule has 0 aromatic heterocycles. The van der Waals surface area contributed by atoms with Gasteiger partial charge in [-0.25, -0.2) is 25.3 Å². The molecule has 0 heterocycles. The summed E-state index contributed by atoms with van der Waals surface area (Å²) < 4.78 is 181. The maximum absolute atomic E-state index is 13.0. The highest BCUT2D eigenvalue weighted by atomic mass is 32.3. The van der Waals surface area contributed by atoms with Gasteiger partial charge in [-0.3, -0.25) is 0 Å². The maximum atomic E-state index is 13.0. The monoisotopic (exact) mass is 488 g/mol. The lowest BCUT2D eigenvalue weighted by Crippen LogP contribution is -2.61. The van der Waals surface area contributed by atoms with Crippen LogP contribution >= 0.6 is 0 Å². The molecule has 18 heteroatoms. The van der Waals surface area contributed by atoms with Gasteiger partial charge in [0.05, 0.1) is 0 Å². The molecule has 0 aliphatic heterocycles. The molecule has 0 radical (unpaired) electrons. The van der Waals surface area contributed by atoms with E-state index in [2.05, 4.69) is 0 Å². The summed E-state index contributed by atoms with van der Waals surface area (Å²) in [6.45, 7) is 0. The molecule has 0 amide bonds. The van der Waals surface area contributed by atoms with E-state index in [1.807, 2.05) is 0 Å². The van der Waals surface area contributed by atoms with Crippen LogP contribution in [0, 0.1) is 0 Å². The van der Waals surface area contributed by atoms with Crippen molar-refractivity contribution >= 4 is 29.5 Å². The quantitative estimate of drug-likeness (QED) is 0.604. The fraction of sp³-hybridized carbons (Fsp3) is 0.400. The predicted octanol–water partition coefficient (Wildman–Crippen LogP) is 2.60. The van der Waals surface area contributed by atoms with E-state index in [0.29, 0.717) is 12.1 Å². The lowest BCUT2D eigenvalue weighted by atomic mass is 10.2. The number of hydrogen-bond acceptors (Lipinski definition) is 6. The summed E-state index contributed by atoms with van der Waals surface area (Å²) in [5.74, 6) is 0. The van der Waals surface area contributed by atoms with E-state index in [1.54, 1.807) is 0 Å². The van der Waals surface area contributed by atoms with Crippen molar-refractivity contribution in [1.82, 2.24) is 0 Å². The number of alkyl halides is 9. The zero-order chi connectivity index (χ0) is 22.6. The first-order chi connectivity index (χ1) is 12.1. The lowest BCUT2D eigenvalue weighted by Gasteiger charge is -2.33. The molecule has 0 atom stereocenters. The van der Waals surface area contributed by atoms with E-state index >= 15 is 0 Å². The predicted molar refractivity (Wildman–Crippen MR) is 73.0 cm³/mol. The Bertz CT molecular complexity index is 941. The van der Waals surface area contributed by atoms with Gasteiger partial charge in [-0.1, -0.05) is 30.3 Å². The largest absolute Gasteiger partial charge is 0.500 e. The third-order valence-corrected chi connectivity index (χ3v) is 11.7. The number of rotatable bonds is 4. The van der Waals surface area contributed by atoms with Crippen LogP contribution < -0.4 is 0 Å². The molecule has 1 aromatic rings. The fourth-order valence-electron chi connectivity index (χ4n) is 2.00. The van der Waals surface area contributed by atoms with Crippen molar-refractivity contribution in [3.8, 4) is 0 Å². The maximum Gasteiger partial charge on any atom is 0.500 e. The number of sulfone groups is 3. The van der Waals surface area contributed by atoms with E-state index in [4.69, 9.17) is 0 Å². The van der Waals surface area contributed by atoms with E-state index in [1.165, 1.54) is 0 Å². The molecule has 0 N–H and O–H groups in total. The van der Waals surface area contributed by atoms with Crippen LogP contribution in [-0.4, -0.2) is 41.8 Å². The highest BCUT2D eigenvalue weighted by Crippen LogP contribution is 2.56. The standard InChI is InChI=1S/C10H5F9O6S3/c11-8(12,13)26(20,21)7(6-4-2-1-3-5-6,27(22,23)9(14,15)16)28(24,25)10(17,18)19/h1-5H. The summed E-state index contributed by atoms with van der Waals surface area (Å²) in [5, 5.41) is 0. The highest BCUT2D eigenvalue weighted by molar-refractivity contribution is 8.25. The Kier molecular flexibility index (Phi) is 5.66. The molecule has 0 spiro atoms. The van der Waals surface area contributed by atoms with E-state index in [0.717, 1.165) is 6.07 Å². The first-order valence-corrected chi connectivity index (χ1v) is 10.5. The molecule has 0 aliphatic rings. The van der Waals surface area contributed by atoms with Crippen molar-refractivity contribution in [2.45, 2.75) is 19.9 Å². The minimum Gasteiger partial charge on any atom is -0.216 e. The highest BCUT2D eigenvalue weighted by Gasteiger charge is 2.84. The zero-order valence-corrected chi connectivity index (χ0v) is 14.9. The van der Waals surface area contributed by atoms with E-state index in [-0.39, 0.29) is 12.1 Å². The van der Waals surface area contributed by atoms with Gasteiger partial charge < -0.3 is 0 Å². The molecule has 0 fully saturated rings. The molecule has 1 rings (SSSR count). The van der Waals surface area contributed by atoms with Gasteiger partial charge in [0.1, 0.15) is 0 Å². The summed E-state index contributed by atoms with van der Waals surface area (Å²) in [4.78, 5) is 0. The van der Waals surface area contributed by atoms with Crippen LogP contribution in [0.2, 0.25) is 0 Å². The van der Waals surface area contributed by atoms with Crippen LogP contribution in [0.4, 0.5) is 39.5 Å². The summed E-state index contributed by atoms with van der Waals surface area (Å²) in [5.41, 5.74) is -23.9. The normalized spacial score (nSPS) is 15.5. The van der Waals surface area contributed by atoms with Gasteiger partial charge in [0, 0.05) is 5.56 Å². The Morgan fingerprint density at radius 2 is 0.750 bits per heavy atom. The van der Waals surface area contributed by atoms with Crippen molar-refractivity contribution < 1.29 is 64.8 Å². The van der Waals surface area contributed by atoms with Crippen LogP contribution in [-0.2, 0) is 32.9 Å². The molecule has 0 saturated carbocycles. The summed E-state index contributed by atoms with van der Waals surface area (Å²) >= 11 is 0. The topological polar surface area (TPSA) is 102 Å². The van der Waals surface area contributed by atoms with Crippen LogP contribution in [0.1, 0.15) is 5.56 Å². The molecule has 6 nitrogen and oxygen atoms in total. The van der Waals surface area contributed by atoms with Gasteiger partial charge in [-0.05, 0) is 0 Å². The smallest absolute Gasteiger partial charge is 0.216 e.